The van der Waals surface area contributed by atoms with Gasteiger partial charge >= 0.3 is 12.3 Å². The first-order valence-electron chi connectivity index (χ1n) is 8.74. The van der Waals surface area contributed by atoms with Gasteiger partial charge in [-0.15, -0.1) is 0 Å². The normalized spacial score (nSPS) is 19.7. The molecule has 1 amide bonds. The fourth-order valence-electron chi connectivity index (χ4n) is 2.89. The number of hydrogen-bond acceptors (Lipinski definition) is 4. The van der Waals surface area contributed by atoms with E-state index in [2.05, 4.69) is 10.3 Å². The summed E-state index contributed by atoms with van der Waals surface area (Å²) in [5, 5.41) is 2.79. The van der Waals surface area contributed by atoms with Crippen LogP contribution in [0.3, 0.4) is 0 Å². The van der Waals surface area contributed by atoms with Crippen molar-refractivity contribution in [1.29, 1.82) is 0 Å². The van der Waals surface area contributed by atoms with Crippen molar-refractivity contribution < 1.29 is 22.7 Å². The van der Waals surface area contributed by atoms with E-state index in [1.165, 1.54) is 0 Å². The van der Waals surface area contributed by atoms with Gasteiger partial charge in [0.25, 0.3) is 0 Å². The average Bonchev–Trinajstić information content (AvgIpc) is 3.23. The third-order valence-electron chi connectivity index (χ3n) is 4.85. The monoisotopic (exact) mass is 371 g/mol. The third-order valence-corrected chi connectivity index (χ3v) is 4.85. The first kappa shape index (κ1) is 18.8. The number of anilines is 1. The van der Waals surface area contributed by atoms with Crippen LogP contribution in [0.15, 0.2) is 18.3 Å². The summed E-state index contributed by atoms with van der Waals surface area (Å²) in [5.74, 6) is 0.613. The van der Waals surface area contributed by atoms with E-state index in [1.807, 2.05) is 26.8 Å². The van der Waals surface area contributed by atoms with Crippen LogP contribution >= 0.6 is 0 Å². The van der Waals surface area contributed by atoms with Crippen molar-refractivity contribution in [3.63, 3.8) is 0 Å². The quantitative estimate of drug-likeness (QED) is 0.863. The molecule has 2 heterocycles. The Hall–Kier alpha value is -1.99. The Morgan fingerprint density at radius 3 is 2.42 bits per heavy atom. The number of aromatic nitrogens is 1. The van der Waals surface area contributed by atoms with Crippen molar-refractivity contribution in [3.05, 3.63) is 23.9 Å². The minimum atomic E-state index is -4.17. The maximum atomic E-state index is 12.9. The molecule has 1 aromatic heterocycles. The number of nitrogens with zero attached hydrogens (tertiary/aromatic N) is 2. The highest BCUT2D eigenvalue weighted by atomic mass is 19.4. The number of amides is 1. The van der Waals surface area contributed by atoms with Gasteiger partial charge in [0.1, 0.15) is 11.4 Å². The van der Waals surface area contributed by atoms with E-state index in [1.54, 1.807) is 17.2 Å². The Bertz CT molecular complexity index is 658. The minimum Gasteiger partial charge on any atom is -0.444 e. The van der Waals surface area contributed by atoms with Crippen LogP contribution in [-0.4, -0.2) is 47.4 Å². The molecule has 0 atom stereocenters. The zero-order chi connectivity index (χ0) is 19.2. The van der Waals surface area contributed by atoms with Gasteiger partial charge in [-0.2, -0.15) is 13.2 Å². The molecule has 26 heavy (non-hydrogen) atoms. The summed E-state index contributed by atoms with van der Waals surface area (Å²) in [6.45, 7) is 6.44. The van der Waals surface area contributed by atoms with Crippen molar-refractivity contribution in [2.45, 2.75) is 51.3 Å². The SMILES string of the molecule is CC(C)(C)OC(=O)N1CC(c2ccc(NCC3(C(F)(F)F)CC3)nc2)C1. The third kappa shape index (κ3) is 4.04. The molecule has 1 saturated heterocycles. The predicted molar refractivity (Wildman–Crippen MR) is 91.0 cm³/mol. The summed E-state index contributed by atoms with van der Waals surface area (Å²) in [6, 6.07) is 3.54. The number of likely N-dealkylation sites (tertiary alicyclic amines) is 1. The van der Waals surface area contributed by atoms with Crippen LogP contribution in [0, 0.1) is 5.41 Å². The average molecular weight is 371 g/mol. The van der Waals surface area contributed by atoms with Gasteiger partial charge in [-0.05, 0) is 45.2 Å². The molecule has 1 aliphatic carbocycles. The van der Waals surface area contributed by atoms with Crippen LogP contribution in [-0.2, 0) is 4.74 Å². The molecule has 8 heteroatoms. The van der Waals surface area contributed by atoms with Crippen LogP contribution in [0.2, 0.25) is 0 Å². The van der Waals surface area contributed by atoms with E-state index in [-0.39, 0.29) is 31.4 Å². The van der Waals surface area contributed by atoms with Gasteiger partial charge in [0.2, 0.25) is 0 Å². The molecule has 0 unspecified atom stereocenters. The van der Waals surface area contributed by atoms with Crippen molar-refractivity contribution >= 4 is 11.9 Å². The second kappa shape index (κ2) is 6.32. The Morgan fingerprint density at radius 1 is 1.31 bits per heavy atom. The minimum absolute atomic E-state index is 0.140. The molecule has 1 aliphatic heterocycles. The van der Waals surface area contributed by atoms with Crippen LogP contribution in [0.5, 0.6) is 0 Å². The van der Waals surface area contributed by atoms with Gasteiger partial charge < -0.3 is 15.0 Å². The van der Waals surface area contributed by atoms with Crippen molar-refractivity contribution in [3.8, 4) is 0 Å². The van der Waals surface area contributed by atoms with Crippen molar-refractivity contribution in [2.75, 3.05) is 25.0 Å². The lowest BCUT2D eigenvalue weighted by atomic mass is 9.93. The van der Waals surface area contributed by atoms with Crippen LogP contribution in [0.1, 0.15) is 45.1 Å². The Labute approximate surface area is 150 Å². The molecular weight excluding hydrogens is 347 g/mol. The Balaban J connectivity index is 1.48. The summed E-state index contributed by atoms with van der Waals surface area (Å²) >= 11 is 0. The summed E-state index contributed by atoms with van der Waals surface area (Å²) in [7, 11) is 0. The number of halogens is 3. The standard InChI is InChI=1S/C18H24F3N3O2/c1-16(2,3)26-15(25)24-9-13(10-24)12-4-5-14(22-8-12)23-11-17(6-7-17)18(19,20)21/h4-5,8,13H,6-7,9-11H2,1-3H3,(H,22,23). The van der Waals surface area contributed by atoms with Gasteiger partial charge in [-0.3, -0.25) is 0 Å². The number of pyridine rings is 1. The molecule has 0 spiro atoms. The maximum absolute atomic E-state index is 12.9. The predicted octanol–water partition coefficient (Wildman–Crippen LogP) is 4.17. The number of carbonyl (C=O) groups is 1. The summed E-state index contributed by atoms with van der Waals surface area (Å²) in [5.41, 5.74) is -1.14. The molecule has 3 rings (SSSR count). The Kier molecular flexibility index (Phi) is 4.56. The smallest absolute Gasteiger partial charge is 0.410 e. The van der Waals surface area contributed by atoms with Gasteiger partial charge in [-0.25, -0.2) is 9.78 Å². The number of nitrogens with one attached hydrogen (secondary N) is 1. The second-order valence-electron chi connectivity index (χ2n) is 8.19. The molecule has 0 radical (unpaired) electrons. The van der Waals surface area contributed by atoms with E-state index in [9.17, 15) is 18.0 Å². The lowest BCUT2D eigenvalue weighted by Crippen LogP contribution is -2.50. The summed E-state index contributed by atoms with van der Waals surface area (Å²) < 4.78 is 44.1. The number of hydrogen-bond donors (Lipinski definition) is 1. The summed E-state index contributed by atoms with van der Waals surface area (Å²) in [6.07, 6.45) is -2.50. The number of rotatable bonds is 4. The molecule has 1 saturated carbocycles. The van der Waals surface area contributed by atoms with Crippen LogP contribution < -0.4 is 5.32 Å². The first-order chi connectivity index (χ1) is 12.0. The van der Waals surface area contributed by atoms with Gasteiger partial charge in [0, 0.05) is 31.7 Å². The van der Waals surface area contributed by atoms with E-state index in [0.717, 1.165) is 5.56 Å². The van der Waals surface area contributed by atoms with E-state index >= 15 is 0 Å². The number of carbonyl (C=O) groups excluding carboxylic acids is 1. The molecule has 1 aromatic rings. The number of ether oxygens (including phenoxy) is 1. The molecule has 2 aliphatic rings. The largest absolute Gasteiger partial charge is 0.444 e. The topological polar surface area (TPSA) is 54.5 Å². The zero-order valence-electron chi connectivity index (χ0n) is 15.2. The fraction of sp³-hybridized carbons (Fsp3) is 0.667. The first-order valence-corrected chi connectivity index (χ1v) is 8.74. The van der Waals surface area contributed by atoms with Gasteiger partial charge in [0.05, 0.1) is 5.41 Å². The van der Waals surface area contributed by atoms with Gasteiger partial charge in [0.15, 0.2) is 0 Å². The van der Waals surface area contributed by atoms with E-state index < -0.39 is 17.2 Å². The lowest BCUT2D eigenvalue weighted by Gasteiger charge is -2.39. The zero-order valence-corrected chi connectivity index (χ0v) is 15.2. The van der Waals surface area contributed by atoms with Crippen molar-refractivity contribution in [2.24, 2.45) is 5.41 Å². The summed E-state index contributed by atoms with van der Waals surface area (Å²) in [4.78, 5) is 17.8. The highest BCUT2D eigenvalue weighted by Crippen LogP contribution is 2.57. The molecule has 0 bridgehead atoms. The molecule has 2 fully saturated rings. The molecule has 1 N–H and O–H groups in total. The van der Waals surface area contributed by atoms with E-state index in [0.29, 0.717) is 18.9 Å². The fourth-order valence-corrected chi connectivity index (χ4v) is 2.89. The second-order valence-corrected chi connectivity index (χ2v) is 8.19. The van der Waals surface area contributed by atoms with Crippen LogP contribution in [0.25, 0.3) is 0 Å². The van der Waals surface area contributed by atoms with Crippen LogP contribution in [0.4, 0.5) is 23.8 Å². The highest BCUT2D eigenvalue weighted by Gasteiger charge is 2.62. The molecule has 144 valence electrons. The van der Waals surface area contributed by atoms with Crippen molar-refractivity contribution in [1.82, 2.24) is 9.88 Å². The maximum Gasteiger partial charge on any atom is 0.410 e. The van der Waals surface area contributed by atoms with E-state index in [4.69, 9.17) is 4.74 Å². The lowest BCUT2D eigenvalue weighted by molar-refractivity contribution is -0.182. The Morgan fingerprint density at radius 2 is 1.96 bits per heavy atom. The molecular formula is C18H24F3N3O2. The highest BCUT2D eigenvalue weighted by molar-refractivity contribution is 5.69. The van der Waals surface area contributed by atoms with Gasteiger partial charge in [-0.1, -0.05) is 6.07 Å². The number of alkyl halides is 3. The molecule has 0 aromatic carbocycles. The molecule has 5 nitrogen and oxygen atoms in total.